The zero-order chi connectivity index (χ0) is 23.8. The Morgan fingerprint density at radius 3 is 1.85 bits per heavy atom. The lowest BCUT2D eigenvalue weighted by atomic mass is 10.2. The van der Waals surface area contributed by atoms with Crippen molar-refractivity contribution in [1.82, 2.24) is 0 Å². The van der Waals surface area contributed by atoms with E-state index in [1.54, 1.807) is 42.5 Å². The third-order valence-electron chi connectivity index (χ3n) is 4.78. The molecule has 0 saturated heterocycles. The summed E-state index contributed by atoms with van der Waals surface area (Å²) in [5.41, 5.74) is 1.11. The molecule has 0 radical (unpaired) electrons. The van der Waals surface area contributed by atoms with Crippen molar-refractivity contribution in [2.75, 3.05) is 30.6 Å². The average molecular weight is 469 g/mol. The molecule has 3 aromatic carbocycles. The third-order valence-corrected chi connectivity index (χ3v) is 6.51. The number of nitrogens with one attached hydrogen (secondary N) is 2. The van der Waals surface area contributed by atoms with Crippen LogP contribution in [-0.2, 0) is 14.6 Å². The van der Waals surface area contributed by atoms with Gasteiger partial charge in [0, 0.05) is 24.1 Å². The Morgan fingerprint density at radius 2 is 1.30 bits per heavy atom. The molecule has 0 saturated carbocycles. The molecule has 0 atom stereocenters. The predicted molar refractivity (Wildman–Crippen MR) is 126 cm³/mol. The molecule has 0 unspecified atom stereocenters. The molecule has 8 nitrogen and oxygen atoms in total. The van der Waals surface area contributed by atoms with Crippen LogP contribution in [0.25, 0.3) is 0 Å². The van der Waals surface area contributed by atoms with Crippen LogP contribution in [0.2, 0.25) is 0 Å². The van der Waals surface area contributed by atoms with Crippen molar-refractivity contribution >= 4 is 33.0 Å². The summed E-state index contributed by atoms with van der Waals surface area (Å²) in [5.74, 6) is -0.603. The second kappa shape index (κ2) is 10.6. The summed E-state index contributed by atoms with van der Waals surface area (Å²) in [6.45, 7) is 0. The van der Waals surface area contributed by atoms with Gasteiger partial charge in [0.15, 0.2) is 9.84 Å². The zero-order valence-corrected chi connectivity index (χ0v) is 19.0. The van der Waals surface area contributed by atoms with Gasteiger partial charge in [0.25, 0.3) is 5.91 Å². The van der Waals surface area contributed by atoms with E-state index in [2.05, 4.69) is 10.6 Å². The van der Waals surface area contributed by atoms with Crippen molar-refractivity contribution in [2.45, 2.75) is 11.3 Å². The minimum absolute atomic E-state index is 0.163. The summed E-state index contributed by atoms with van der Waals surface area (Å²) in [5, 5.41) is 5.41. The quantitative estimate of drug-likeness (QED) is 0.495. The predicted octanol–water partition coefficient (Wildman–Crippen LogP) is 3.76. The second-order valence-electron chi connectivity index (χ2n) is 7.00. The summed E-state index contributed by atoms with van der Waals surface area (Å²) in [4.78, 5) is 25.1. The van der Waals surface area contributed by atoms with Crippen molar-refractivity contribution in [3.05, 3.63) is 78.4 Å². The minimum Gasteiger partial charge on any atom is -0.494 e. The maximum atomic E-state index is 12.5. The average Bonchev–Trinajstić information content (AvgIpc) is 2.84. The van der Waals surface area contributed by atoms with E-state index in [4.69, 9.17) is 9.47 Å². The Balaban J connectivity index is 1.73. The van der Waals surface area contributed by atoms with Crippen molar-refractivity contribution in [1.29, 1.82) is 0 Å². The number of rotatable bonds is 9. The number of benzene rings is 3. The SMILES string of the molecule is COc1cc(NC(=O)c2ccccc2)c(OC)cc1NC(=O)CCS(=O)(=O)c1ccccc1. The molecule has 2 amide bonds. The normalized spacial score (nSPS) is 10.8. The van der Waals surface area contributed by atoms with Crippen LogP contribution in [0.4, 0.5) is 11.4 Å². The molecule has 9 heteroatoms. The van der Waals surface area contributed by atoms with Crippen LogP contribution in [-0.4, -0.2) is 40.2 Å². The zero-order valence-electron chi connectivity index (χ0n) is 18.2. The molecule has 33 heavy (non-hydrogen) atoms. The molecule has 3 aromatic rings. The van der Waals surface area contributed by atoms with Gasteiger partial charge in [-0.25, -0.2) is 8.42 Å². The number of hydrogen-bond acceptors (Lipinski definition) is 6. The van der Waals surface area contributed by atoms with Gasteiger partial charge in [-0.3, -0.25) is 9.59 Å². The molecule has 172 valence electrons. The summed E-state index contributed by atoms with van der Waals surface area (Å²) < 4.78 is 35.5. The van der Waals surface area contributed by atoms with Gasteiger partial charge >= 0.3 is 0 Å². The van der Waals surface area contributed by atoms with Crippen LogP contribution >= 0.6 is 0 Å². The van der Waals surface area contributed by atoms with Gasteiger partial charge in [-0.1, -0.05) is 36.4 Å². The molecular weight excluding hydrogens is 444 g/mol. The molecule has 0 aliphatic heterocycles. The Hall–Kier alpha value is -3.85. The highest BCUT2D eigenvalue weighted by Gasteiger charge is 2.19. The first kappa shape index (κ1) is 23.8. The fourth-order valence-corrected chi connectivity index (χ4v) is 4.32. The Kier molecular flexibility index (Phi) is 7.68. The first-order chi connectivity index (χ1) is 15.8. The van der Waals surface area contributed by atoms with Gasteiger partial charge in [-0.15, -0.1) is 0 Å². The van der Waals surface area contributed by atoms with Gasteiger partial charge in [-0.2, -0.15) is 0 Å². The summed E-state index contributed by atoms with van der Waals surface area (Å²) in [6.07, 6.45) is -0.241. The first-order valence-electron chi connectivity index (χ1n) is 10.0. The van der Waals surface area contributed by atoms with Crippen LogP contribution in [0.5, 0.6) is 11.5 Å². The van der Waals surface area contributed by atoms with Gasteiger partial charge in [0.2, 0.25) is 5.91 Å². The summed E-state index contributed by atoms with van der Waals surface area (Å²) in [7, 11) is -0.742. The molecule has 0 bridgehead atoms. The van der Waals surface area contributed by atoms with Crippen LogP contribution < -0.4 is 20.1 Å². The lowest BCUT2D eigenvalue weighted by Gasteiger charge is -2.16. The lowest BCUT2D eigenvalue weighted by Crippen LogP contribution is -2.18. The van der Waals surface area contributed by atoms with Gasteiger partial charge in [0.1, 0.15) is 11.5 Å². The van der Waals surface area contributed by atoms with E-state index in [0.717, 1.165) is 0 Å². The van der Waals surface area contributed by atoms with Crippen LogP contribution in [0.3, 0.4) is 0 Å². The van der Waals surface area contributed by atoms with Crippen molar-refractivity contribution in [3.63, 3.8) is 0 Å². The molecule has 0 spiro atoms. The van der Waals surface area contributed by atoms with Gasteiger partial charge < -0.3 is 20.1 Å². The number of carbonyl (C=O) groups is 2. The topological polar surface area (TPSA) is 111 Å². The molecule has 2 N–H and O–H groups in total. The molecule has 0 fully saturated rings. The highest BCUT2D eigenvalue weighted by atomic mass is 32.2. The van der Waals surface area contributed by atoms with Gasteiger partial charge in [-0.05, 0) is 24.3 Å². The van der Waals surface area contributed by atoms with E-state index in [1.807, 2.05) is 6.07 Å². The van der Waals surface area contributed by atoms with E-state index in [-0.39, 0.29) is 34.4 Å². The van der Waals surface area contributed by atoms with Crippen LogP contribution in [0.15, 0.2) is 77.7 Å². The second-order valence-corrected chi connectivity index (χ2v) is 9.11. The highest BCUT2D eigenvalue weighted by molar-refractivity contribution is 7.91. The molecular formula is C24H24N2O6S. The highest BCUT2D eigenvalue weighted by Crippen LogP contribution is 2.36. The Bertz CT molecular complexity index is 1230. The fourth-order valence-electron chi connectivity index (χ4n) is 3.06. The number of methoxy groups -OCH3 is 2. The molecule has 0 aromatic heterocycles. The fraction of sp³-hybridized carbons (Fsp3) is 0.167. The first-order valence-corrected chi connectivity index (χ1v) is 11.7. The van der Waals surface area contributed by atoms with Crippen LogP contribution in [0, 0.1) is 0 Å². The number of ether oxygens (including phenoxy) is 2. The third kappa shape index (κ3) is 6.11. The van der Waals surface area contributed by atoms with E-state index in [1.165, 1.54) is 38.5 Å². The maximum absolute atomic E-state index is 12.5. The number of hydrogen-bond donors (Lipinski definition) is 2. The summed E-state index contributed by atoms with van der Waals surface area (Å²) in [6, 6.07) is 19.7. The molecule has 3 rings (SSSR count). The maximum Gasteiger partial charge on any atom is 0.255 e. The number of amides is 2. The van der Waals surface area contributed by atoms with Crippen molar-refractivity contribution < 1.29 is 27.5 Å². The summed E-state index contributed by atoms with van der Waals surface area (Å²) >= 11 is 0. The van der Waals surface area contributed by atoms with E-state index < -0.39 is 15.7 Å². The Labute approximate surface area is 192 Å². The monoisotopic (exact) mass is 468 g/mol. The van der Waals surface area contributed by atoms with Crippen LogP contribution in [0.1, 0.15) is 16.8 Å². The van der Waals surface area contributed by atoms with E-state index >= 15 is 0 Å². The van der Waals surface area contributed by atoms with Gasteiger partial charge in [0.05, 0.1) is 36.2 Å². The Morgan fingerprint density at radius 1 is 0.788 bits per heavy atom. The molecule has 0 aliphatic carbocycles. The standard InChI is InChI=1S/C24H24N2O6S/c1-31-21-16-20(26-24(28)17-9-5-3-6-10-17)22(32-2)15-19(21)25-23(27)13-14-33(29,30)18-11-7-4-8-12-18/h3-12,15-16H,13-14H2,1-2H3,(H,25,27)(H,26,28). The number of anilines is 2. The minimum atomic E-state index is -3.59. The lowest BCUT2D eigenvalue weighted by molar-refractivity contribution is -0.115. The van der Waals surface area contributed by atoms with E-state index in [0.29, 0.717) is 17.0 Å². The molecule has 0 heterocycles. The van der Waals surface area contributed by atoms with Crippen molar-refractivity contribution in [3.8, 4) is 11.5 Å². The number of sulfone groups is 1. The molecule has 0 aliphatic rings. The van der Waals surface area contributed by atoms with E-state index in [9.17, 15) is 18.0 Å². The van der Waals surface area contributed by atoms with Crippen molar-refractivity contribution in [2.24, 2.45) is 0 Å². The number of carbonyl (C=O) groups excluding carboxylic acids is 2. The largest absolute Gasteiger partial charge is 0.494 e. The smallest absolute Gasteiger partial charge is 0.255 e.